The number of aliphatic hydroxyl groups is 10. The van der Waals surface area contributed by atoms with Gasteiger partial charge in [0.05, 0.1) is 5.69 Å². The molecule has 0 spiro atoms. The Morgan fingerprint density at radius 2 is 0.966 bits per heavy atom. The van der Waals surface area contributed by atoms with E-state index in [0.717, 1.165) is 59.1 Å². The zero-order valence-electron chi connectivity index (χ0n) is 30.9. The van der Waals surface area contributed by atoms with Gasteiger partial charge in [-0.2, -0.15) is 10.2 Å². The van der Waals surface area contributed by atoms with Gasteiger partial charge in [0.25, 0.3) is 0 Å². The largest absolute Gasteiger partial charge is 0.504 e. The predicted molar refractivity (Wildman–Crippen MR) is 181 cm³/mol. The van der Waals surface area contributed by atoms with E-state index in [1.54, 1.807) is 0 Å². The van der Waals surface area contributed by atoms with E-state index in [9.17, 15) is 97.0 Å². The summed E-state index contributed by atoms with van der Waals surface area (Å²) >= 11 is 0. The van der Waals surface area contributed by atoms with Gasteiger partial charge >= 0.3 is 23.8 Å². The molecule has 27 heteroatoms. The second-order valence-corrected chi connectivity index (χ2v) is 13.2. The van der Waals surface area contributed by atoms with Gasteiger partial charge in [0, 0.05) is 32.4 Å². The number of likely N-dealkylation sites (N-methyl/N-ethyl adjacent to an activating group) is 2. The van der Waals surface area contributed by atoms with Crippen LogP contribution in [0.2, 0.25) is 0 Å². The number of aromatic hydroxyl groups is 9. The van der Waals surface area contributed by atoms with Crippen molar-refractivity contribution in [1.29, 1.82) is 0 Å². The molecule has 0 saturated heterocycles. The maximum absolute atomic E-state index is 12.0. The number of phenols is 9. The van der Waals surface area contributed by atoms with Gasteiger partial charge in [-0.25, -0.2) is 4.90 Å². The van der Waals surface area contributed by atoms with Crippen molar-refractivity contribution in [2.75, 3.05) is 21.1 Å². The number of aryl methyl sites for hydroxylation is 2. The minimum atomic E-state index is -4.52. The summed E-state index contributed by atoms with van der Waals surface area (Å²) in [6.07, 6.45) is 0.952. The highest BCUT2D eigenvalue weighted by atomic mass is 16.8. The molecule has 0 radical (unpaired) electrons. The molecule has 2 atom stereocenters. The molecule has 0 fully saturated rings. The predicted octanol–water partition coefficient (Wildman–Crippen LogP) is -5.52. The summed E-state index contributed by atoms with van der Waals surface area (Å²) in [6.45, 7) is -0.0613. The Kier molecular flexibility index (Phi) is 11.2. The lowest BCUT2D eigenvalue weighted by atomic mass is 9.95. The highest BCUT2D eigenvalue weighted by Crippen LogP contribution is 2.57. The van der Waals surface area contributed by atoms with Crippen molar-refractivity contribution in [1.82, 2.24) is 29.4 Å². The van der Waals surface area contributed by atoms with E-state index in [1.807, 2.05) is 0 Å². The lowest BCUT2D eigenvalue weighted by molar-refractivity contribution is -0.527. The third-order valence-corrected chi connectivity index (χ3v) is 9.14. The number of hydrogen-bond donors (Lipinski definition) is 19. The van der Waals surface area contributed by atoms with Gasteiger partial charge in [-0.15, -0.1) is 0 Å². The van der Waals surface area contributed by atoms with Gasteiger partial charge in [-0.05, 0) is 40.2 Å². The molecule has 0 saturated carbocycles. The zero-order chi connectivity index (χ0) is 44.6. The monoisotopic (exact) mass is 834 g/mol. The van der Waals surface area contributed by atoms with Gasteiger partial charge < -0.3 is 97.0 Å². The zero-order valence-corrected chi connectivity index (χ0v) is 30.9. The van der Waals surface area contributed by atoms with Crippen molar-refractivity contribution in [3.63, 3.8) is 0 Å². The summed E-state index contributed by atoms with van der Waals surface area (Å²) in [5.74, 6) is -37.7. The summed E-state index contributed by atoms with van der Waals surface area (Å²) in [5, 5.41) is 212. The highest BCUT2D eigenvalue weighted by molar-refractivity contribution is 5.69. The number of benzene rings is 2. The van der Waals surface area contributed by atoms with Crippen molar-refractivity contribution in [2.45, 2.75) is 48.8 Å². The van der Waals surface area contributed by atoms with Crippen LogP contribution in [0.1, 0.15) is 33.8 Å². The third kappa shape index (κ3) is 6.84. The van der Waals surface area contributed by atoms with Crippen LogP contribution in [0, 0.1) is 6.92 Å². The Hall–Kier alpha value is -5.50. The molecular weight excluding hydrogens is 792 g/mol. The maximum atomic E-state index is 12.0. The molecule has 4 rings (SSSR count). The molecule has 0 bridgehead atoms. The summed E-state index contributed by atoms with van der Waals surface area (Å²) < 4.78 is 11.1. The standard InChI is InChI=1S/C31H42N6O21/c1-11-17(38)19(40)15(20(41)18(11)39)27(48,58-30(53,54)28(49,50)34(2)3)14-9-12(33-37(14)6)10-35(4)29(51,52)31(55,56)57-26(47,13-7-8-32-36(13)5)16-21(42)23(44)25(46)24(45)22(16)43/h7-9,38-56H,10H2,1-6H3. The van der Waals surface area contributed by atoms with Gasteiger partial charge in [0.1, 0.15) is 22.5 Å². The van der Waals surface area contributed by atoms with E-state index in [0.29, 0.717) is 15.6 Å². The Morgan fingerprint density at radius 3 is 1.38 bits per heavy atom. The van der Waals surface area contributed by atoms with E-state index >= 15 is 0 Å². The van der Waals surface area contributed by atoms with Crippen molar-refractivity contribution in [3.8, 4) is 51.7 Å². The molecule has 2 aromatic heterocycles. The highest BCUT2D eigenvalue weighted by Gasteiger charge is 2.61. The van der Waals surface area contributed by atoms with Gasteiger partial charge in [-0.1, -0.05) is 0 Å². The summed E-state index contributed by atoms with van der Waals surface area (Å²) in [5.41, 5.74) is -5.79. The van der Waals surface area contributed by atoms with Gasteiger partial charge in [0.15, 0.2) is 34.5 Å². The van der Waals surface area contributed by atoms with Crippen LogP contribution >= 0.6 is 0 Å². The minimum absolute atomic E-state index is 0.188. The Labute approximate surface area is 323 Å². The first kappa shape index (κ1) is 45.2. The minimum Gasteiger partial charge on any atom is -0.504 e. The molecule has 0 aliphatic carbocycles. The normalized spacial score (nSPS) is 15.3. The quantitative estimate of drug-likeness (QED) is 0.0320. The van der Waals surface area contributed by atoms with Crippen molar-refractivity contribution in [2.24, 2.45) is 14.1 Å². The Morgan fingerprint density at radius 1 is 0.569 bits per heavy atom. The third-order valence-electron chi connectivity index (χ3n) is 9.14. The first-order chi connectivity index (χ1) is 26.2. The number of ether oxygens (including phenoxy) is 2. The van der Waals surface area contributed by atoms with Crippen molar-refractivity contribution < 1.29 is 106 Å². The summed E-state index contributed by atoms with van der Waals surface area (Å²) in [6, 6.07) is 1.53. The molecule has 19 N–H and O–H groups in total. The summed E-state index contributed by atoms with van der Waals surface area (Å²) in [4.78, 5) is 0.541. The molecule has 0 aliphatic heterocycles. The maximum Gasteiger partial charge on any atom is 0.354 e. The average molecular weight is 835 g/mol. The topological polar surface area (TPSA) is 445 Å². The molecule has 4 aromatic rings. The molecule has 2 aromatic carbocycles. The fourth-order valence-corrected chi connectivity index (χ4v) is 5.68. The number of phenolic OH excluding ortho intramolecular Hbond substituents is 9. The van der Waals surface area contributed by atoms with Crippen LogP contribution in [0.3, 0.4) is 0 Å². The molecule has 0 amide bonds. The number of aromatic nitrogens is 4. The van der Waals surface area contributed by atoms with Crippen LogP contribution in [-0.4, -0.2) is 171 Å². The van der Waals surface area contributed by atoms with Crippen LogP contribution in [0.25, 0.3) is 0 Å². The lowest BCUT2D eigenvalue weighted by Crippen LogP contribution is -2.66. The molecule has 0 aliphatic rings. The van der Waals surface area contributed by atoms with Crippen LogP contribution < -0.4 is 0 Å². The van der Waals surface area contributed by atoms with Crippen LogP contribution in [-0.2, 0) is 41.7 Å². The fourth-order valence-electron chi connectivity index (χ4n) is 5.68. The first-order valence-electron chi connectivity index (χ1n) is 15.9. The number of nitrogens with zero attached hydrogens (tertiary/aromatic N) is 6. The molecule has 58 heavy (non-hydrogen) atoms. The molecule has 27 nitrogen and oxygen atoms in total. The molecular formula is C31H42N6O21. The second kappa shape index (κ2) is 14.4. The number of hydrogen-bond acceptors (Lipinski definition) is 25. The first-order valence-corrected chi connectivity index (χ1v) is 15.9. The molecule has 2 heterocycles. The van der Waals surface area contributed by atoms with Gasteiger partial charge in [-0.3, -0.25) is 23.7 Å². The second-order valence-electron chi connectivity index (χ2n) is 13.2. The Bertz CT molecular complexity index is 2160. The molecule has 2 unspecified atom stereocenters. The van der Waals surface area contributed by atoms with Crippen molar-refractivity contribution in [3.05, 3.63) is 52.1 Å². The van der Waals surface area contributed by atoms with E-state index < -0.39 is 127 Å². The van der Waals surface area contributed by atoms with Crippen LogP contribution in [0.4, 0.5) is 0 Å². The van der Waals surface area contributed by atoms with Crippen molar-refractivity contribution >= 4 is 0 Å². The molecule has 322 valence electrons. The van der Waals surface area contributed by atoms with Crippen LogP contribution in [0.15, 0.2) is 18.3 Å². The van der Waals surface area contributed by atoms with Crippen LogP contribution in [0.5, 0.6) is 51.7 Å². The van der Waals surface area contributed by atoms with E-state index in [2.05, 4.69) is 10.2 Å². The van der Waals surface area contributed by atoms with E-state index in [-0.39, 0.29) is 4.90 Å². The smallest absolute Gasteiger partial charge is 0.354 e. The summed E-state index contributed by atoms with van der Waals surface area (Å²) in [7, 11) is 4.57. The SMILES string of the molecule is Cc1c(O)c(O)c(C(O)(OC(O)(O)C(O)(O)N(C)C)c2cc(CN(C)C(O)(O)C(O)(O)OC(O)(c3c(O)c(O)c(O)c(O)c3O)c3ccnn3C)nn2C)c(O)c1O. The van der Waals surface area contributed by atoms with E-state index in [1.165, 1.54) is 0 Å². The van der Waals surface area contributed by atoms with Gasteiger partial charge in [0.2, 0.25) is 28.8 Å². The van der Waals surface area contributed by atoms with E-state index in [4.69, 9.17) is 9.47 Å². The lowest BCUT2D eigenvalue weighted by Gasteiger charge is -2.43. The fraction of sp³-hybridized carbons (Fsp3) is 0.419. The average Bonchev–Trinajstić information content (AvgIpc) is 3.72. The Balaban J connectivity index is 1.85. The number of rotatable bonds is 14.